The van der Waals surface area contributed by atoms with Crippen LogP contribution in [0.25, 0.3) is 0 Å². The molecule has 0 aromatic heterocycles. The van der Waals surface area contributed by atoms with E-state index in [-0.39, 0.29) is 0 Å². The molecule has 1 rings (SSSR count). The van der Waals surface area contributed by atoms with E-state index < -0.39 is 0 Å². The van der Waals surface area contributed by atoms with Crippen LogP contribution in [-0.2, 0) is 4.79 Å². The predicted octanol–water partition coefficient (Wildman–Crippen LogP) is 1.62. The fourth-order valence-electron chi connectivity index (χ4n) is 1.37. The van der Waals surface area contributed by atoms with Gasteiger partial charge in [-0.3, -0.25) is 4.79 Å². The van der Waals surface area contributed by atoms with Gasteiger partial charge in [0, 0.05) is 18.7 Å². The van der Waals surface area contributed by atoms with E-state index in [1.165, 1.54) is 0 Å². The molecular formula is C8H15NOS2. The Bertz CT molecular complexity index is 163. The van der Waals surface area contributed by atoms with E-state index in [1.54, 1.807) is 11.8 Å². The molecule has 0 saturated carbocycles. The number of likely N-dealkylation sites (tertiary alicyclic amines) is 1. The molecular weight excluding hydrogens is 190 g/mol. The molecule has 1 aliphatic heterocycles. The van der Waals surface area contributed by atoms with Gasteiger partial charge in [0.25, 0.3) is 0 Å². The Morgan fingerprint density at radius 1 is 1.75 bits per heavy atom. The summed E-state index contributed by atoms with van der Waals surface area (Å²) in [5, 5.41) is 0.340. The Balaban J connectivity index is 2.30. The highest BCUT2D eigenvalue weighted by atomic mass is 32.2. The van der Waals surface area contributed by atoms with Gasteiger partial charge in [-0.15, -0.1) is 11.8 Å². The minimum atomic E-state index is 0.314. The Hall–Kier alpha value is 0.170. The van der Waals surface area contributed by atoms with Crippen molar-refractivity contribution in [3.63, 3.8) is 0 Å². The smallest absolute Gasteiger partial charge is 0.223 e. The summed E-state index contributed by atoms with van der Waals surface area (Å²) in [6, 6.07) is 0. The number of carbonyl (C=O) groups is 1. The molecule has 0 aliphatic carbocycles. The van der Waals surface area contributed by atoms with Crippen molar-refractivity contribution < 1.29 is 4.79 Å². The third-order valence-corrected chi connectivity index (χ3v) is 3.70. The van der Waals surface area contributed by atoms with Crippen molar-refractivity contribution in [2.24, 2.45) is 0 Å². The highest BCUT2D eigenvalue weighted by molar-refractivity contribution is 8.00. The molecule has 1 heterocycles. The molecule has 0 aromatic rings. The summed E-state index contributed by atoms with van der Waals surface area (Å²) in [6.07, 6.45) is 1.77. The Morgan fingerprint density at radius 2 is 2.50 bits per heavy atom. The van der Waals surface area contributed by atoms with Crippen LogP contribution in [-0.4, -0.2) is 34.2 Å². The first-order chi connectivity index (χ1) is 5.75. The molecule has 1 amide bonds. The zero-order valence-corrected chi connectivity index (χ0v) is 9.03. The van der Waals surface area contributed by atoms with E-state index in [9.17, 15) is 4.79 Å². The van der Waals surface area contributed by atoms with E-state index in [2.05, 4.69) is 19.6 Å². The maximum atomic E-state index is 11.3. The van der Waals surface area contributed by atoms with Gasteiger partial charge in [-0.1, -0.05) is 0 Å². The maximum Gasteiger partial charge on any atom is 0.223 e. The van der Waals surface area contributed by atoms with Gasteiger partial charge in [-0.25, -0.2) is 0 Å². The SMILES string of the molecule is CC(SCCS)N1CCCC1=O. The molecule has 70 valence electrons. The van der Waals surface area contributed by atoms with E-state index in [0.717, 1.165) is 30.9 Å². The molecule has 1 unspecified atom stereocenters. The van der Waals surface area contributed by atoms with Crippen LogP contribution in [0.5, 0.6) is 0 Å². The second-order valence-electron chi connectivity index (χ2n) is 2.88. The van der Waals surface area contributed by atoms with E-state index in [0.29, 0.717) is 11.3 Å². The standard InChI is InChI=1S/C8H15NOS2/c1-7(12-6-5-11)9-4-2-3-8(9)10/h7,11H,2-6H2,1H3. The van der Waals surface area contributed by atoms with Gasteiger partial charge in [0.15, 0.2) is 0 Å². The van der Waals surface area contributed by atoms with Crippen molar-refractivity contribution in [1.29, 1.82) is 0 Å². The van der Waals surface area contributed by atoms with Crippen molar-refractivity contribution in [3.05, 3.63) is 0 Å². The lowest BCUT2D eigenvalue weighted by atomic mass is 10.4. The molecule has 1 aliphatic rings. The van der Waals surface area contributed by atoms with Gasteiger partial charge in [0.2, 0.25) is 5.91 Å². The number of thioether (sulfide) groups is 1. The van der Waals surface area contributed by atoms with Gasteiger partial charge in [-0.2, -0.15) is 12.6 Å². The predicted molar refractivity (Wildman–Crippen MR) is 56.7 cm³/mol. The average molecular weight is 205 g/mol. The fraction of sp³-hybridized carbons (Fsp3) is 0.875. The zero-order valence-electron chi connectivity index (χ0n) is 7.32. The lowest BCUT2D eigenvalue weighted by molar-refractivity contribution is -0.128. The minimum absolute atomic E-state index is 0.314. The van der Waals surface area contributed by atoms with Crippen molar-refractivity contribution in [3.8, 4) is 0 Å². The second kappa shape index (κ2) is 5.02. The number of nitrogens with zero attached hydrogens (tertiary/aromatic N) is 1. The lowest BCUT2D eigenvalue weighted by Crippen LogP contribution is -2.31. The lowest BCUT2D eigenvalue weighted by Gasteiger charge is -2.23. The van der Waals surface area contributed by atoms with E-state index in [1.807, 2.05) is 4.90 Å². The van der Waals surface area contributed by atoms with Crippen LogP contribution >= 0.6 is 24.4 Å². The van der Waals surface area contributed by atoms with Gasteiger partial charge < -0.3 is 4.90 Å². The monoisotopic (exact) mass is 205 g/mol. The van der Waals surface area contributed by atoms with Crippen LogP contribution in [0.1, 0.15) is 19.8 Å². The van der Waals surface area contributed by atoms with Gasteiger partial charge in [0.05, 0.1) is 5.37 Å². The van der Waals surface area contributed by atoms with Crippen LogP contribution in [0.3, 0.4) is 0 Å². The van der Waals surface area contributed by atoms with Crippen LogP contribution in [0.4, 0.5) is 0 Å². The van der Waals surface area contributed by atoms with Gasteiger partial charge in [0.1, 0.15) is 0 Å². The first-order valence-corrected chi connectivity index (χ1v) is 5.95. The molecule has 4 heteroatoms. The highest BCUT2D eigenvalue weighted by Crippen LogP contribution is 2.21. The number of carbonyl (C=O) groups excluding carboxylic acids is 1. The largest absolute Gasteiger partial charge is 0.331 e. The number of amides is 1. The Morgan fingerprint density at radius 3 is 3.00 bits per heavy atom. The quantitative estimate of drug-likeness (QED) is 0.704. The fourth-order valence-corrected chi connectivity index (χ4v) is 2.53. The van der Waals surface area contributed by atoms with E-state index >= 15 is 0 Å². The molecule has 0 N–H and O–H groups in total. The minimum Gasteiger partial charge on any atom is -0.331 e. The molecule has 2 nitrogen and oxygen atoms in total. The van der Waals surface area contributed by atoms with Crippen molar-refractivity contribution >= 4 is 30.3 Å². The number of hydrogen-bond donors (Lipinski definition) is 1. The highest BCUT2D eigenvalue weighted by Gasteiger charge is 2.24. The molecule has 0 radical (unpaired) electrons. The number of thiol groups is 1. The normalized spacial score (nSPS) is 20.2. The third kappa shape index (κ3) is 2.59. The molecule has 0 aromatic carbocycles. The summed E-state index contributed by atoms with van der Waals surface area (Å²) < 4.78 is 0. The van der Waals surface area contributed by atoms with Gasteiger partial charge in [-0.05, 0) is 19.1 Å². The van der Waals surface area contributed by atoms with Crippen molar-refractivity contribution in [2.75, 3.05) is 18.1 Å². The third-order valence-electron chi connectivity index (χ3n) is 2.00. The van der Waals surface area contributed by atoms with Crippen LogP contribution in [0, 0.1) is 0 Å². The summed E-state index contributed by atoms with van der Waals surface area (Å²) in [6.45, 7) is 3.04. The summed E-state index contributed by atoms with van der Waals surface area (Å²) in [7, 11) is 0. The topological polar surface area (TPSA) is 20.3 Å². The number of rotatable bonds is 4. The molecule has 1 saturated heterocycles. The molecule has 12 heavy (non-hydrogen) atoms. The van der Waals surface area contributed by atoms with Crippen LogP contribution in [0.15, 0.2) is 0 Å². The molecule has 1 atom stereocenters. The van der Waals surface area contributed by atoms with Crippen molar-refractivity contribution in [1.82, 2.24) is 4.90 Å². The van der Waals surface area contributed by atoms with Gasteiger partial charge >= 0.3 is 0 Å². The Kier molecular flexibility index (Phi) is 4.29. The van der Waals surface area contributed by atoms with Crippen LogP contribution < -0.4 is 0 Å². The Labute approximate surface area is 83.5 Å². The summed E-state index contributed by atoms with van der Waals surface area (Å²) in [4.78, 5) is 13.2. The zero-order chi connectivity index (χ0) is 8.97. The molecule has 0 bridgehead atoms. The van der Waals surface area contributed by atoms with Crippen LogP contribution in [0.2, 0.25) is 0 Å². The summed E-state index contributed by atoms with van der Waals surface area (Å²) in [5.74, 6) is 2.22. The molecule has 0 spiro atoms. The first kappa shape index (κ1) is 10.3. The average Bonchev–Trinajstić information content (AvgIpc) is 2.47. The maximum absolute atomic E-state index is 11.3. The second-order valence-corrected chi connectivity index (χ2v) is 4.76. The van der Waals surface area contributed by atoms with E-state index in [4.69, 9.17) is 0 Å². The number of hydrogen-bond acceptors (Lipinski definition) is 3. The summed E-state index contributed by atoms with van der Waals surface area (Å²) in [5.41, 5.74) is 0. The van der Waals surface area contributed by atoms with Crippen molar-refractivity contribution in [2.45, 2.75) is 25.1 Å². The summed E-state index contributed by atoms with van der Waals surface area (Å²) >= 11 is 5.94. The first-order valence-electron chi connectivity index (χ1n) is 4.27. The molecule has 1 fully saturated rings.